The smallest absolute Gasteiger partial charge is 0.257 e. The number of ether oxygens (including phenoxy) is 1. The molecule has 1 aliphatic rings. The van der Waals surface area contributed by atoms with Crippen LogP contribution in [0, 0.1) is 12.7 Å². The van der Waals surface area contributed by atoms with Gasteiger partial charge in [-0.25, -0.2) is 14.4 Å². The topological polar surface area (TPSA) is 85.2 Å². The molecule has 1 aliphatic heterocycles. The fraction of sp³-hybridized carbons (Fsp3) is 0.300. The minimum absolute atomic E-state index is 0.0614. The van der Waals surface area contributed by atoms with Crippen LogP contribution in [0.2, 0.25) is 0 Å². The molecule has 1 saturated heterocycles. The van der Waals surface area contributed by atoms with Crippen LogP contribution in [-0.4, -0.2) is 50.3 Å². The van der Waals surface area contributed by atoms with E-state index in [2.05, 4.69) is 20.4 Å². The van der Waals surface area contributed by atoms with Crippen LogP contribution in [0.4, 0.5) is 16.0 Å². The molecule has 0 saturated carbocycles. The van der Waals surface area contributed by atoms with E-state index in [9.17, 15) is 9.18 Å². The van der Waals surface area contributed by atoms with Crippen molar-refractivity contribution in [2.75, 3.05) is 25.0 Å². The molecule has 0 bridgehead atoms. The van der Waals surface area contributed by atoms with E-state index in [-0.39, 0.29) is 12.0 Å². The van der Waals surface area contributed by atoms with Gasteiger partial charge in [0.1, 0.15) is 23.6 Å². The fourth-order valence-electron chi connectivity index (χ4n) is 3.27. The van der Waals surface area contributed by atoms with Crippen LogP contribution in [0.5, 0.6) is 0 Å². The van der Waals surface area contributed by atoms with Crippen molar-refractivity contribution in [1.82, 2.24) is 24.6 Å². The predicted octanol–water partition coefficient (Wildman–Crippen LogP) is 2.61. The Morgan fingerprint density at radius 1 is 1.28 bits per heavy atom. The van der Waals surface area contributed by atoms with Gasteiger partial charge >= 0.3 is 0 Å². The number of aryl methyl sites for hydroxylation is 2. The summed E-state index contributed by atoms with van der Waals surface area (Å²) in [6.07, 6.45) is 2.54. The lowest BCUT2D eigenvalue weighted by Crippen LogP contribution is -2.42. The van der Waals surface area contributed by atoms with Crippen LogP contribution in [0.25, 0.3) is 0 Å². The monoisotopic (exact) mass is 396 g/mol. The number of nitrogens with one attached hydrogen (secondary N) is 1. The highest BCUT2D eigenvalue weighted by atomic mass is 19.1. The summed E-state index contributed by atoms with van der Waals surface area (Å²) in [5, 5.41) is 7.29. The molecule has 0 radical (unpaired) electrons. The second-order valence-electron chi connectivity index (χ2n) is 6.85. The summed E-state index contributed by atoms with van der Waals surface area (Å²) in [6, 6.07) is 8.37. The first-order valence-corrected chi connectivity index (χ1v) is 9.26. The second-order valence-corrected chi connectivity index (χ2v) is 6.85. The molecule has 8 nitrogen and oxygen atoms in total. The number of hydrogen-bond acceptors (Lipinski definition) is 6. The summed E-state index contributed by atoms with van der Waals surface area (Å²) < 4.78 is 20.5. The van der Waals surface area contributed by atoms with Crippen LogP contribution >= 0.6 is 0 Å². The molecule has 29 heavy (non-hydrogen) atoms. The summed E-state index contributed by atoms with van der Waals surface area (Å²) in [7, 11) is 1.80. The van der Waals surface area contributed by atoms with Gasteiger partial charge in [0.05, 0.1) is 36.3 Å². The minimum atomic E-state index is -0.401. The average molecular weight is 396 g/mol. The van der Waals surface area contributed by atoms with Crippen molar-refractivity contribution in [3.63, 3.8) is 0 Å². The van der Waals surface area contributed by atoms with Gasteiger partial charge in [-0.15, -0.1) is 0 Å². The summed E-state index contributed by atoms with van der Waals surface area (Å²) >= 11 is 0. The number of pyridine rings is 2. The second kappa shape index (κ2) is 7.96. The number of rotatable bonds is 4. The van der Waals surface area contributed by atoms with Crippen LogP contribution in [0.3, 0.4) is 0 Å². The lowest BCUT2D eigenvalue weighted by molar-refractivity contribution is -0.0246. The van der Waals surface area contributed by atoms with E-state index < -0.39 is 5.82 Å². The molecule has 1 unspecified atom stereocenters. The molecule has 0 aliphatic carbocycles. The van der Waals surface area contributed by atoms with Crippen molar-refractivity contribution in [1.29, 1.82) is 0 Å². The van der Waals surface area contributed by atoms with Crippen molar-refractivity contribution in [2.45, 2.75) is 13.0 Å². The molecule has 0 aromatic carbocycles. The Kier molecular flexibility index (Phi) is 5.22. The van der Waals surface area contributed by atoms with Crippen molar-refractivity contribution in [3.8, 4) is 0 Å². The Bertz CT molecular complexity index is 1020. The first-order valence-electron chi connectivity index (χ1n) is 9.26. The maximum atomic E-state index is 13.0. The molecule has 3 aromatic heterocycles. The number of halogens is 1. The number of morpholine rings is 1. The van der Waals surface area contributed by atoms with E-state index >= 15 is 0 Å². The third kappa shape index (κ3) is 4.24. The maximum absolute atomic E-state index is 13.0. The summed E-state index contributed by atoms with van der Waals surface area (Å²) in [6.45, 7) is 3.17. The highest BCUT2D eigenvalue weighted by molar-refractivity contribution is 5.95. The summed E-state index contributed by atoms with van der Waals surface area (Å²) in [5.41, 5.74) is 2.01. The maximum Gasteiger partial charge on any atom is 0.257 e. The van der Waals surface area contributed by atoms with E-state index in [4.69, 9.17) is 4.74 Å². The Hall–Kier alpha value is -3.33. The molecule has 1 fully saturated rings. The zero-order chi connectivity index (χ0) is 20.4. The molecular weight excluding hydrogens is 375 g/mol. The molecule has 0 spiro atoms. The van der Waals surface area contributed by atoms with Crippen LogP contribution < -0.4 is 5.32 Å². The van der Waals surface area contributed by atoms with Gasteiger partial charge in [-0.2, -0.15) is 5.10 Å². The minimum Gasteiger partial charge on any atom is -0.368 e. The lowest BCUT2D eigenvalue weighted by Gasteiger charge is -2.32. The number of amides is 1. The summed E-state index contributed by atoms with van der Waals surface area (Å²) in [5.74, 6) is 0.594. The van der Waals surface area contributed by atoms with E-state index in [1.165, 1.54) is 12.1 Å². The normalized spacial score (nSPS) is 16.7. The molecule has 4 rings (SSSR count). The first kappa shape index (κ1) is 19.0. The fourth-order valence-corrected chi connectivity index (χ4v) is 3.27. The lowest BCUT2D eigenvalue weighted by atomic mass is 10.1. The van der Waals surface area contributed by atoms with Gasteiger partial charge < -0.3 is 15.0 Å². The zero-order valence-corrected chi connectivity index (χ0v) is 16.2. The molecule has 150 valence electrons. The quantitative estimate of drug-likeness (QED) is 0.730. The molecular formula is C20H21FN6O2. The molecule has 4 heterocycles. The average Bonchev–Trinajstić information content (AvgIpc) is 3.07. The number of nitrogens with zero attached hydrogens (tertiary/aromatic N) is 5. The van der Waals surface area contributed by atoms with Crippen LogP contribution in [-0.2, 0) is 11.8 Å². The molecule has 9 heteroatoms. The van der Waals surface area contributed by atoms with E-state index in [1.54, 1.807) is 28.9 Å². The van der Waals surface area contributed by atoms with E-state index in [1.807, 2.05) is 19.1 Å². The molecule has 1 N–H and O–H groups in total. The van der Waals surface area contributed by atoms with Crippen molar-refractivity contribution in [3.05, 3.63) is 65.5 Å². The third-order valence-corrected chi connectivity index (χ3v) is 4.68. The van der Waals surface area contributed by atoms with Crippen LogP contribution in [0.1, 0.15) is 27.8 Å². The highest BCUT2D eigenvalue weighted by Crippen LogP contribution is 2.24. The number of carbonyl (C=O) groups is 1. The van der Waals surface area contributed by atoms with Crippen molar-refractivity contribution >= 4 is 17.5 Å². The Labute approximate surface area is 167 Å². The van der Waals surface area contributed by atoms with Crippen molar-refractivity contribution in [2.24, 2.45) is 7.05 Å². The summed E-state index contributed by atoms with van der Waals surface area (Å²) in [4.78, 5) is 23.2. The number of anilines is 2. The molecule has 1 amide bonds. The predicted molar refractivity (Wildman–Crippen MR) is 104 cm³/mol. The SMILES string of the molecule is Cc1nn(C)cc1C(=O)N1CCOC(c2cccc(Nc3ccc(F)cn3)n2)C1. The van der Waals surface area contributed by atoms with Gasteiger partial charge in [-0.3, -0.25) is 9.48 Å². The van der Waals surface area contributed by atoms with E-state index in [0.717, 1.165) is 6.20 Å². The Balaban J connectivity index is 1.49. The molecule has 3 aromatic rings. The molecule has 1 atom stereocenters. The standard InChI is InChI=1S/C20H21FN6O2/c1-13-15(11-26(2)25-13)20(28)27-8-9-29-17(12-27)16-4-3-5-19(23-16)24-18-7-6-14(21)10-22-18/h3-7,10-11,17H,8-9,12H2,1-2H3,(H,22,23,24). The van der Waals surface area contributed by atoms with E-state index in [0.29, 0.717) is 48.3 Å². The van der Waals surface area contributed by atoms with Crippen LogP contribution in [0.15, 0.2) is 42.7 Å². The number of carbonyl (C=O) groups excluding carboxylic acids is 1. The van der Waals surface area contributed by atoms with Gasteiger partial charge in [0.25, 0.3) is 5.91 Å². The Morgan fingerprint density at radius 3 is 2.86 bits per heavy atom. The van der Waals surface area contributed by atoms with Crippen molar-refractivity contribution < 1.29 is 13.9 Å². The van der Waals surface area contributed by atoms with Gasteiger partial charge in [-0.1, -0.05) is 6.07 Å². The first-order chi connectivity index (χ1) is 14.0. The third-order valence-electron chi connectivity index (χ3n) is 4.68. The van der Waals surface area contributed by atoms with Gasteiger partial charge in [-0.05, 0) is 31.2 Å². The van der Waals surface area contributed by atoms with Gasteiger partial charge in [0, 0.05) is 19.8 Å². The number of hydrogen-bond donors (Lipinski definition) is 1. The van der Waals surface area contributed by atoms with Gasteiger partial charge in [0.15, 0.2) is 0 Å². The number of aromatic nitrogens is 4. The zero-order valence-electron chi connectivity index (χ0n) is 16.2. The van der Waals surface area contributed by atoms with Gasteiger partial charge in [0.2, 0.25) is 0 Å². The highest BCUT2D eigenvalue weighted by Gasteiger charge is 2.28. The Morgan fingerprint density at radius 2 is 2.14 bits per heavy atom. The largest absolute Gasteiger partial charge is 0.368 e.